The lowest BCUT2D eigenvalue weighted by Gasteiger charge is -2.29. The van der Waals surface area contributed by atoms with Gasteiger partial charge in [-0.05, 0) is 46.6 Å². The molecule has 6 heteroatoms. The van der Waals surface area contributed by atoms with Gasteiger partial charge in [0.2, 0.25) is 0 Å². The summed E-state index contributed by atoms with van der Waals surface area (Å²) in [5.74, 6) is 0.909. The number of piperidine rings is 1. The van der Waals surface area contributed by atoms with Gasteiger partial charge in [-0.3, -0.25) is 4.99 Å². The number of likely N-dealkylation sites (tertiary alicyclic amines) is 1. The first-order valence-electron chi connectivity index (χ1n) is 7.57. The zero-order chi connectivity index (χ0) is 14.1. The van der Waals surface area contributed by atoms with Crippen LogP contribution in [0.1, 0.15) is 40.0 Å². The van der Waals surface area contributed by atoms with Gasteiger partial charge in [0, 0.05) is 32.2 Å². The van der Waals surface area contributed by atoms with Gasteiger partial charge in [0.15, 0.2) is 5.96 Å². The average molecular weight is 398 g/mol. The van der Waals surface area contributed by atoms with Crippen LogP contribution < -0.4 is 10.6 Å². The summed E-state index contributed by atoms with van der Waals surface area (Å²) in [5, 5.41) is 16.0. The highest BCUT2D eigenvalue weighted by Gasteiger charge is 2.15. The lowest BCUT2D eigenvalue weighted by Crippen LogP contribution is -2.41. The van der Waals surface area contributed by atoms with Crippen molar-refractivity contribution in [2.45, 2.75) is 52.2 Å². The molecule has 1 aliphatic rings. The van der Waals surface area contributed by atoms with Crippen LogP contribution in [0.15, 0.2) is 4.99 Å². The molecule has 1 fully saturated rings. The summed E-state index contributed by atoms with van der Waals surface area (Å²) in [5.41, 5.74) is 0. The molecule has 0 aromatic heterocycles. The third-order valence-electron chi connectivity index (χ3n) is 3.23. The van der Waals surface area contributed by atoms with Gasteiger partial charge in [-0.25, -0.2) is 0 Å². The maximum absolute atomic E-state index is 9.45. The number of nitrogens with zero attached hydrogens (tertiary/aromatic N) is 2. The summed E-state index contributed by atoms with van der Waals surface area (Å²) in [6.45, 7) is 11.2. The van der Waals surface area contributed by atoms with Crippen LogP contribution in [0.25, 0.3) is 0 Å². The fourth-order valence-electron chi connectivity index (χ4n) is 2.22. The molecule has 0 unspecified atom stereocenters. The molecule has 120 valence electrons. The molecular weight excluding hydrogens is 367 g/mol. The van der Waals surface area contributed by atoms with E-state index in [2.05, 4.69) is 41.3 Å². The van der Waals surface area contributed by atoms with E-state index in [4.69, 9.17) is 0 Å². The molecule has 0 spiro atoms. The third kappa shape index (κ3) is 8.97. The van der Waals surface area contributed by atoms with E-state index in [0.29, 0.717) is 6.04 Å². The first kappa shape index (κ1) is 19.9. The molecule has 1 aliphatic heterocycles. The summed E-state index contributed by atoms with van der Waals surface area (Å²) >= 11 is 0. The van der Waals surface area contributed by atoms with Gasteiger partial charge in [-0.2, -0.15) is 0 Å². The van der Waals surface area contributed by atoms with Crippen molar-refractivity contribution < 1.29 is 5.11 Å². The Kier molecular flexibility index (Phi) is 11.5. The topological polar surface area (TPSA) is 59.9 Å². The van der Waals surface area contributed by atoms with Crippen LogP contribution in [-0.2, 0) is 0 Å². The highest BCUT2D eigenvalue weighted by Crippen LogP contribution is 2.09. The van der Waals surface area contributed by atoms with Gasteiger partial charge in [-0.15, -0.1) is 24.0 Å². The van der Waals surface area contributed by atoms with Gasteiger partial charge in [-0.1, -0.05) is 0 Å². The Morgan fingerprint density at radius 3 is 2.55 bits per heavy atom. The van der Waals surface area contributed by atoms with Crippen molar-refractivity contribution in [1.82, 2.24) is 15.5 Å². The molecular formula is C14H31IN4O. The Balaban J connectivity index is 0.00000361. The minimum atomic E-state index is -0.0788. The Morgan fingerprint density at radius 1 is 1.35 bits per heavy atom. The number of hydrogen-bond acceptors (Lipinski definition) is 3. The summed E-state index contributed by atoms with van der Waals surface area (Å²) in [7, 11) is 0. The monoisotopic (exact) mass is 398 g/mol. The van der Waals surface area contributed by atoms with E-state index in [0.717, 1.165) is 57.9 Å². The van der Waals surface area contributed by atoms with E-state index in [-0.39, 0.29) is 30.1 Å². The van der Waals surface area contributed by atoms with E-state index in [1.165, 1.54) is 0 Å². The molecule has 0 aromatic carbocycles. The Labute approximate surface area is 140 Å². The zero-order valence-electron chi connectivity index (χ0n) is 13.1. The summed E-state index contributed by atoms with van der Waals surface area (Å²) in [6.07, 6.45) is 2.83. The quantitative estimate of drug-likeness (QED) is 0.274. The number of guanidine groups is 1. The summed E-state index contributed by atoms with van der Waals surface area (Å²) in [6, 6.07) is 0.404. The fraction of sp³-hybridized carbons (Fsp3) is 0.929. The van der Waals surface area contributed by atoms with Crippen LogP contribution in [0.4, 0.5) is 0 Å². The molecule has 0 atom stereocenters. The third-order valence-corrected chi connectivity index (χ3v) is 3.23. The lowest BCUT2D eigenvalue weighted by atomic mass is 10.1. The van der Waals surface area contributed by atoms with Gasteiger partial charge >= 0.3 is 0 Å². The Hall–Kier alpha value is -0.0800. The predicted molar refractivity (Wildman–Crippen MR) is 96.0 cm³/mol. The molecule has 20 heavy (non-hydrogen) atoms. The van der Waals surface area contributed by atoms with Gasteiger partial charge in [0.25, 0.3) is 0 Å². The maximum atomic E-state index is 9.45. The van der Waals surface area contributed by atoms with E-state index in [1.54, 1.807) is 0 Å². The van der Waals surface area contributed by atoms with Crippen molar-refractivity contribution in [2.75, 3.05) is 32.7 Å². The first-order chi connectivity index (χ1) is 9.11. The van der Waals surface area contributed by atoms with Crippen molar-refractivity contribution in [3.8, 4) is 0 Å². The second-order valence-corrected chi connectivity index (χ2v) is 5.49. The van der Waals surface area contributed by atoms with Crippen LogP contribution in [0.5, 0.6) is 0 Å². The van der Waals surface area contributed by atoms with Crippen molar-refractivity contribution in [2.24, 2.45) is 4.99 Å². The molecule has 5 nitrogen and oxygen atoms in total. The molecule has 0 radical (unpaired) electrons. The number of halogens is 1. The predicted octanol–water partition coefficient (Wildman–Crippen LogP) is 1.41. The van der Waals surface area contributed by atoms with Gasteiger partial charge in [0.1, 0.15) is 0 Å². The molecule has 1 saturated heterocycles. The van der Waals surface area contributed by atoms with Crippen LogP contribution in [0.3, 0.4) is 0 Å². The second kappa shape index (κ2) is 11.6. The highest BCUT2D eigenvalue weighted by molar-refractivity contribution is 14.0. The number of hydrogen-bond donors (Lipinski definition) is 3. The number of aliphatic hydroxyl groups excluding tert-OH is 1. The standard InChI is InChI=1S/C14H30N4O.HI/c1-4-15-14(17-12(2)3)16-8-5-9-18-10-6-13(19)7-11-18;/h12-13,19H,4-11H2,1-3H3,(H2,15,16,17);1H. The summed E-state index contributed by atoms with van der Waals surface area (Å²) in [4.78, 5) is 6.99. The van der Waals surface area contributed by atoms with Crippen molar-refractivity contribution in [3.63, 3.8) is 0 Å². The molecule has 3 N–H and O–H groups in total. The van der Waals surface area contributed by atoms with E-state index in [9.17, 15) is 5.11 Å². The van der Waals surface area contributed by atoms with Crippen LogP contribution >= 0.6 is 24.0 Å². The molecule has 0 amide bonds. The van der Waals surface area contributed by atoms with Gasteiger partial charge in [0.05, 0.1) is 6.10 Å². The average Bonchev–Trinajstić information content (AvgIpc) is 2.36. The van der Waals surface area contributed by atoms with Crippen molar-refractivity contribution in [3.05, 3.63) is 0 Å². The molecule has 0 aromatic rings. The molecule has 0 bridgehead atoms. The highest BCUT2D eigenvalue weighted by atomic mass is 127. The van der Waals surface area contributed by atoms with E-state index < -0.39 is 0 Å². The van der Waals surface area contributed by atoms with Crippen molar-refractivity contribution in [1.29, 1.82) is 0 Å². The summed E-state index contributed by atoms with van der Waals surface area (Å²) < 4.78 is 0. The minimum Gasteiger partial charge on any atom is -0.393 e. The second-order valence-electron chi connectivity index (χ2n) is 5.49. The first-order valence-corrected chi connectivity index (χ1v) is 7.57. The number of nitrogens with one attached hydrogen (secondary N) is 2. The van der Waals surface area contributed by atoms with Crippen LogP contribution in [-0.4, -0.2) is 60.8 Å². The minimum absolute atomic E-state index is 0. The molecule has 0 aliphatic carbocycles. The largest absolute Gasteiger partial charge is 0.393 e. The van der Waals surface area contributed by atoms with Gasteiger partial charge < -0.3 is 20.6 Å². The molecule has 1 rings (SSSR count). The normalized spacial score (nSPS) is 17.9. The number of aliphatic hydroxyl groups is 1. The Morgan fingerprint density at radius 2 is 2.00 bits per heavy atom. The Bertz CT molecular complexity index is 266. The van der Waals surface area contributed by atoms with Crippen LogP contribution in [0, 0.1) is 0 Å². The smallest absolute Gasteiger partial charge is 0.191 e. The number of rotatable bonds is 6. The zero-order valence-corrected chi connectivity index (χ0v) is 15.4. The van der Waals surface area contributed by atoms with E-state index in [1.807, 2.05) is 0 Å². The fourth-order valence-corrected chi connectivity index (χ4v) is 2.22. The molecule has 0 saturated carbocycles. The SMILES string of the molecule is CCNC(=NCCCN1CCC(O)CC1)NC(C)C.I. The molecule has 1 heterocycles. The van der Waals surface area contributed by atoms with E-state index >= 15 is 0 Å². The number of aliphatic imine (C=N–C) groups is 1. The lowest BCUT2D eigenvalue weighted by molar-refractivity contribution is 0.0824. The van der Waals surface area contributed by atoms with Crippen LogP contribution in [0.2, 0.25) is 0 Å². The van der Waals surface area contributed by atoms with Crippen molar-refractivity contribution >= 4 is 29.9 Å². The maximum Gasteiger partial charge on any atom is 0.191 e.